The fourth-order valence-corrected chi connectivity index (χ4v) is 5.05. The number of alkyl halides is 1. The van der Waals surface area contributed by atoms with Crippen molar-refractivity contribution >= 4 is 44.9 Å². The van der Waals surface area contributed by atoms with Gasteiger partial charge in [-0.15, -0.1) is 0 Å². The maximum Gasteiger partial charge on any atom is 0.350 e. The van der Waals surface area contributed by atoms with Gasteiger partial charge in [-0.2, -0.15) is 4.98 Å². The molecule has 1 saturated carbocycles. The largest absolute Gasteiger partial charge is 0.456 e. The molecule has 1 aliphatic carbocycles. The summed E-state index contributed by atoms with van der Waals surface area (Å²) in [7, 11) is 0. The standard InChI is InChI=1S/C26H27FN6O4S/c1-13-19(22(34)36-25(3,4)5)38-24(29-13)32-23(35)26(27)11-17(12-26)31-21-18-10-16(20-30-14(2)37-33-20)7-6-15(18)8-9-28-21/h6-10,17H,11-12H2,1-5H3,(H,28,31)(H,29,32,35)/t17-,26+. The Balaban J connectivity index is 1.25. The highest BCUT2D eigenvalue weighted by molar-refractivity contribution is 7.17. The second-order valence-electron chi connectivity index (χ2n) is 10.3. The van der Waals surface area contributed by atoms with Crippen molar-refractivity contribution in [3.63, 3.8) is 0 Å². The van der Waals surface area contributed by atoms with E-state index in [4.69, 9.17) is 9.26 Å². The number of ether oxygens (including phenoxy) is 1. The molecule has 1 aliphatic rings. The first kappa shape index (κ1) is 25.7. The molecule has 198 valence electrons. The summed E-state index contributed by atoms with van der Waals surface area (Å²) in [6.45, 7) is 8.65. The first-order valence-corrected chi connectivity index (χ1v) is 12.9. The van der Waals surface area contributed by atoms with Gasteiger partial charge in [0.2, 0.25) is 11.7 Å². The van der Waals surface area contributed by atoms with Crippen molar-refractivity contribution in [3.8, 4) is 11.4 Å². The summed E-state index contributed by atoms with van der Waals surface area (Å²) >= 11 is 0.966. The normalized spacial score (nSPS) is 19.2. The molecule has 1 amide bonds. The molecule has 2 N–H and O–H groups in total. The number of anilines is 2. The molecule has 10 nitrogen and oxygen atoms in total. The lowest BCUT2D eigenvalue weighted by Gasteiger charge is -2.40. The molecule has 0 radical (unpaired) electrons. The Bertz CT molecular complexity index is 1540. The highest BCUT2D eigenvalue weighted by Crippen LogP contribution is 2.40. The first-order valence-electron chi connectivity index (χ1n) is 12.1. The number of fused-ring (bicyclic) bond motifs is 1. The van der Waals surface area contributed by atoms with Crippen molar-refractivity contribution in [2.24, 2.45) is 0 Å². The molecule has 3 aromatic heterocycles. The van der Waals surface area contributed by atoms with Crippen LogP contribution in [0.1, 0.15) is 54.9 Å². The van der Waals surface area contributed by atoms with Gasteiger partial charge in [0.25, 0.3) is 5.91 Å². The Hall–Kier alpha value is -3.93. The Morgan fingerprint density at radius 1 is 1.18 bits per heavy atom. The topological polar surface area (TPSA) is 132 Å². The van der Waals surface area contributed by atoms with Gasteiger partial charge < -0.3 is 14.6 Å². The molecule has 0 aliphatic heterocycles. The van der Waals surface area contributed by atoms with Gasteiger partial charge in [-0.05, 0) is 45.2 Å². The number of hydrogen-bond acceptors (Lipinski definition) is 10. The van der Waals surface area contributed by atoms with Crippen molar-refractivity contribution in [3.05, 3.63) is 46.9 Å². The minimum atomic E-state index is -2.07. The van der Waals surface area contributed by atoms with E-state index in [-0.39, 0.29) is 28.9 Å². The molecule has 0 atom stereocenters. The van der Waals surface area contributed by atoms with Crippen molar-refractivity contribution < 1.29 is 23.2 Å². The monoisotopic (exact) mass is 538 g/mol. The van der Waals surface area contributed by atoms with E-state index >= 15 is 4.39 Å². The number of aryl methyl sites for hydroxylation is 2. The lowest BCUT2D eigenvalue weighted by Crippen LogP contribution is -2.54. The molecule has 0 unspecified atom stereocenters. The zero-order valence-electron chi connectivity index (χ0n) is 21.6. The zero-order chi connectivity index (χ0) is 27.2. The minimum absolute atomic E-state index is 0.0378. The van der Waals surface area contributed by atoms with Gasteiger partial charge in [-0.1, -0.05) is 28.6 Å². The third-order valence-corrected chi connectivity index (χ3v) is 7.09. The van der Waals surface area contributed by atoms with E-state index < -0.39 is 23.1 Å². The number of hydrogen-bond donors (Lipinski definition) is 2. The molecule has 0 bridgehead atoms. The number of esters is 1. The molecule has 1 aromatic carbocycles. The van der Waals surface area contributed by atoms with E-state index in [9.17, 15) is 9.59 Å². The number of nitrogens with one attached hydrogen (secondary N) is 2. The smallest absolute Gasteiger partial charge is 0.350 e. The average Bonchev–Trinajstić information content (AvgIpc) is 3.42. The number of aromatic nitrogens is 4. The zero-order valence-corrected chi connectivity index (χ0v) is 22.4. The van der Waals surface area contributed by atoms with Crippen molar-refractivity contribution in [1.29, 1.82) is 0 Å². The quantitative estimate of drug-likeness (QED) is 0.317. The van der Waals surface area contributed by atoms with Gasteiger partial charge in [0.15, 0.2) is 10.8 Å². The van der Waals surface area contributed by atoms with Gasteiger partial charge in [-0.3, -0.25) is 10.1 Å². The molecular weight excluding hydrogens is 511 g/mol. The van der Waals surface area contributed by atoms with E-state index in [0.29, 0.717) is 23.2 Å². The van der Waals surface area contributed by atoms with Gasteiger partial charge >= 0.3 is 5.97 Å². The van der Waals surface area contributed by atoms with Crippen LogP contribution in [-0.4, -0.2) is 49.3 Å². The summed E-state index contributed by atoms with van der Waals surface area (Å²) in [5.41, 5.74) is -1.55. The van der Waals surface area contributed by atoms with E-state index in [1.54, 1.807) is 40.8 Å². The van der Waals surface area contributed by atoms with Crippen LogP contribution in [-0.2, 0) is 9.53 Å². The Kier molecular flexibility index (Phi) is 6.38. The Morgan fingerprint density at radius 3 is 2.63 bits per heavy atom. The first-order chi connectivity index (χ1) is 17.9. The molecule has 4 aromatic rings. The minimum Gasteiger partial charge on any atom is -0.456 e. The van der Waals surface area contributed by atoms with E-state index in [1.807, 2.05) is 24.3 Å². The lowest BCUT2D eigenvalue weighted by atomic mass is 9.76. The average molecular weight is 539 g/mol. The van der Waals surface area contributed by atoms with E-state index in [2.05, 4.69) is 30.7 Å². The Morgan fingerprint density at radius 2 is 1.95 bits per heavy atom. The lowest BCUT2D eigenvalue weighted by molar-refractivity contribution is -0.133. The number of thiazole rings is 1. The summed E-state index contributed by atoms with van der Waals surface area (Å²) in [6, 6.07) is 7.30. The maximum atomic E-state index is 15.4. The molecule has 5 rings (SSSR count). The van der Waals surface area contributed by atoms with Crippen LogP contribution in [0.15, 0.2) is 35.0 Å². The Labute approximate surface area is 222 Å². The summed E-state index contributed by atoms with van der Waals surface area (Å²) in [5, 5.41) is 11.7. The number of halogens is 1. The fourth-order valence-electron chi connectivity index (χ4n) is 4.21. The highest BCUT2D eigenvalue weighted by Gasteiger charge is 2.51. The summed E-state index contributed by atoms with van der Waals surface area (Å²) in [4.78, 5) is 38.3. The van der Waals surface area contributed by atoms with Crippen LogP contribution in [0.4, 0.5) is 15.3 Å². The van der Waals surface area contributed by atoms with Crippen molar-refractivity contribution in [2.45, 2.75) is 64.8 Å². The van der Waals surface area contributed by atoms with Crippen LogP contribution in [0, 0.1) is 13.8 Å². The van der Waals surface area contributed by atoms with Crippen LogP contribution in [0.5, 0.6) is 0 Å². The highest BCUT2D eigenvalue weighted by atomic mass is 32.1. The van der Waals surface area contributed by atoms with E-state index in [0.717, 1.165) is 27.7 Å². The third kappa shape index (κ3) is 5.21. The molecule has 38 heavy (non-hydrogen) atoms. The number of pyridine rings is 1. The van der Waals surface area contributed by atoms with Crippen molar-refractivity contribution in [2.75, 3.05) is 10.6 Å². The van der Waals surface area contributed by atoms with Crippen molar-refractivity contribution in [1.82, 2.24) is 20.1 Å². The summed E-state index contributed by atoms with van der Waals surface area (Å²) < 4.78 is 25.9. The number of nitrogens with zero attached hydrogens (tertiary/aromatic N) is 4. The number of carbonyl (C=O) groups excluding carboxylic acids is 2. The van der Waals surface area contributed by atoms with Gasteiger partial charge in [0.1, 0.15) is 16.3 Å². The van der Waals surface area contributed by atoms with Gasteiger partial charge in [0, 0.05) is 43.0 Å². The molecule has 12 heteroatoms. The summed E-state index contributed by atoms with van der Waals surface area (Å²) in [6.07, 6.45) is 1.60. The molecular formula is C26H27FN6O4S. The number of carbonyl (C=O) groups is 2. The number of amides is 1. The number of rotatable bonds is 6. The van der Waals surface area contributed by atoms with Crippen LogP contribution in [0.3, 0.4) is 0 Å². The maximum absolute atomic E-state index is 15.4. The summed E-state index contributed by atoms with van der Waals surface area (Å²) in [5.74, 6) is 0.187. The molecule has 3 heterocycles. The SMILES string of the molecule is Cc1nc(-c2ccc3ccnc(N[C@H]4C[C@](F)(C(=O)Nc5nc(C)c(C(=O)OC(C)(C)C)s5)C4)c3c2)no1. The van der Waals surface area contributed by atoms with E-state index in [1.165, 1.54) is 0 Å². The predicted molar refractivity (Wildman–Crippen MR) is 141 cm³/mol. The van der Waals surface area contributed by atoms with Gasteiger partial charge in [-0.25, -0.2) is 19.2 Å². The molecule has 1 fully saturated rings. The predicted octanol–water partition coefficient (Wildman–Crippen LogP) is 5.23. The second-order valence-corrected chi connectivity index (χ2v) is 11.3. The van der Waals surface area contributed by atoms with Crippen LogP contribution in [0.2, 0.25) is 0 Å². The van der Waals surface area contributed by atoms with Crippen LogP contribution in [0.25, 0.3) is 22.2 Å². The second kappa shape index (κ2) is 9.43. The molecule has 0 saturated heterocycles. The van der Waals surface area contributed by atoms with Gasteiger partial charge in [0.05, 0.1) is 5.69 Å². The van der Waals surface area contributed by atoms with Crippen LogP contribution < -0.4 is 10.6 Å². The fraction of sp³-hybridized carbons (Fsp3) is 0.385. The molecule has 0 spiro atoms. The van der Waals surface area contributed by atoms with Crippen LogP contribution >= 0.6 is 11.3 Å². The number of benzene rings is 1. The third-order valence-electron chi connectivity index (χ3n) is 6.04.